The average Bonchev–Trinajstić information content (AvgIpc) is 2.61. The maximum Gasteiger partial charge on any atom is 0.408 e. The molecule has 0 saturated carbocycles. The lowest BCUT2D eigenvalue weighted by atomic mass is 10.1. The Labute approximate surface area is 166 Å². The molecule has 0 aliphatic carbocycles. The summed E-state index contributed by atoms with van der Waals surface area (Å²) in [6, 6.07) is 0. The van der Waals surface area contributed by atoms with Crippen LogP contribution in [0.2, 0.25) is 0 Å². The van der Waals surface area contributed by atoms with E-state index in [-0.39, 0.29) is 12.5 Å². The summed E-state index contributed by atoms with van der Waals surface area (Å²) in [6.07, 6.45) is 10.2. The number of nitrogens with one attached hydrogen (secondary N) is 1. The van der Waals surface area contributed by atoms with Gasteiger partial charge in [-0.15, -0.1) is 0 Å². The second-order valence-electron chi connectivity index (χ2n) is 8.55. The van der Waals surface area contributed by atoms with Crippen molar-refractivity contribution in [2.24, 2.45) is 0 Å². The van der Waals surface area contributed by atoms with E-state index >= 15 is 0 Å². The normalized spacial score (nSPS) is 15.6. The first-order chi connectivity index (χ1) is 12.8. The second-order valence-corrected chi connectivity index (χ2v) is 8.55. The van der Waals surface area contributed by atoms with Crippen LogP contribution in [-0.2, 0) is 9.53 Å². The van der Waals surface area contributed by atoms with Gasteiger partial charge in [-0.05, 0) is 33.7 Å². The quantitative estimate of drug-likeness (QED) is 0.551. The van der Waals surface area contributed by atoms with Gasteiger partial charge in [-0.1, -0.05) is 51.9 Å². The van der Waals surface area contributed by atoms with Crippen molar-refractivity contribution in [2.45, 2.75) is 84.7 Å². The van der Waals surface area contributed by atoms with Crippen LogP contribution >= 0.6 is 0 Å². The van der Waals surface area contributed by atoms with E-state index in [9.17, 15) is 9.59 Å². The largest absolute Gasteiger partial charge is 0.444 e. The SMILES string of the molecule is CCCCCCCCCCN1CCN(C(=O)CNC(=O)OC(C)(C)C)CC1. The van der Waals surface area contributed by atoms with Crippen molar-refractivity contribution in [1.82, 2.24) is 15.1 Å². The molecule has 1 fully saturated rings. The summed E-state index contributed by atoms with van der Waals surface area (Å²) < 4.78 is 5.15. The van der Waals surface area contributed by atoms with Crippen molar-refractivity contribution < 1.29 is 14.3 Å². The standard InChI is InChI=1S/C21H41N3O3/c1-5-6-7-8-9-10-11-12-13-23-14-16-24(17-15-23)19(25)18-22-20(26)27-21(2,3)4/h5-18H2,1-4H3,(H,22,26). The first-order valence-electron chi connectivity index (χ1n) is 10.8. The summed E-state index contributed by atoms with van der Waals surface area (Å²) in [5.41, 5.74) is -0.547. The molecular weight excluding hydrogens is 342 g/mol. The molecule has 1 aliphatic rings. The van der Waals surface area contributed by atoms with Gasteiger partial charge in [-0.3, -0.25) is 9.69 Å². The molecule has 0 aromatic heterocycles. The van der Waals surface area contributed by atoms with Gasteiger partial charge in [-0.25, -0.2) is 4.79 Å². The molecule has 158 valence electrons. The predicted molar refractivity (Wildman–Crippen MR) is 110 cm³/mol. The highest BCUT2D eigenvalue weighted by Gasteiger charge is 2.22. The number of piperazine rings is 1. The number of rotatable bonds is 11. The zero-order valence-corrected chi connectivity index (χ0v) is 18.0. The summed E-state index contributed by atoms with van der Waals surface area (Å²) in [7, 11) is 0. The number of ether oxygens (including phenoxy) is 1. The third-order valence-electron chi connectivity index (χ3n) is 4.84. The number of nitrogens with zero attached hydrogens (tertiary/aromatic N) is 2. The molecule has 1 rings (SSSR count). The topological polar surface area (TPSA) is 61.9 Å². The van der Waals surface area contributed by atoms with Gasteiger partial charge < -0.3 is 15.0 Å². The van der Waals surface area contributed by atoms with Crippen LogP contribution in [0.15, 0.2) is 0 Å². The first kappa shape index (κ1) is 23.7. The Morgan fingerprint density at radius 3 is 2.00 bits per heavy atom. The average molecular weight is 384 g/mol. The van der Waals surface area contributed by atoms with Crippen LogP contribution in [0.25, 0.3) is 0 Å². The molecule has 0 bridgehead atoms. The van der Waals surface area contributed by atoms with Gasteiger partial charge in [-0.2, -0.15) is 0 Å². The summed E-state index contributed by atoms with van der Waals surface area (Å²) in [6.45, 7) is 12.1. The molecule has 0 atom stereocenters. The molecule has 1 aliphatic heterocycles. The van der Waals surface area contributed by atoms with Crippen LogP contribution in [0.5, 0.6) is 0 Å². The molecule has 1 N–H and O–H groups in total. The maximum absolute atomic E-state index is 12.2. The number of alkyl carbamates (subject to hydrolysis) is 1. The van der Waals surface area contributed by atoms with E-state index in [0.29, 0.717) is 0 Å². The van der Waals surface area contributed by atoms with Crippen molar-refractivity contribution in [3.05, 3.63) is 0 Å². The van der Waals surface area contributed by atoms with E-state index in [1.54, 1.807) is 20.8 Å². The van der Waals surface area contributed by atoms with Crippen molar-refractivity contribution in [3.8, 4) is 0 Å². The summed E-state index contributed by atoms with van der Waals surface area (Å²) in [5, 5.41) is 2.55. The minimum absolute atomic E-state index is 0.00689. The molecule has 0 radical (unpaired) electrons. The van der Waals surface area contributed by atoms with Gasteiger partial charge >= 0.3 is 6.09 Å². The Bertz CT molecular complexity index is 427. The molecule has 0 unspecified atom stereocenters. The van der Waals surface area contributed by atoms with Crippen LogP contribution < -0.4 is 5.32 Å². The van der Waals surface area contributed by atoms with Gasteiger partial charge in [0.1, 0.15) is 12.1 Å². The van der Waals surface area contributed by atoms with Crippen LogP contribution in [-0.4, -0.2) is 66.7 Å². The molecule has 2 amide bonds. The van der Waals surface area contributed by atoms with E-state index in [1.165, 1.54) is 51.4 Å². The molecule has 1 heterocycles. The Balaban J connectivity index is 2.06. The molecule has 27 heavy (non-hydrogen) atoms. The Kier molecular flexibility index (Phi) is 11.4. The van der Waals surface area contributed by atoms with E-state index in [2.05, 4.69) is 17.1 Å². The highest BCUT2D eigenvalue weighted by molar-refractivity contribution is 5.82. The van der Waals surface area contributed by atoms with Gasteiger partial charge in [0.25, 0.3) is 0 Å². The van der Waals surface area contributed by atoms with E-state index < -0.39 is 11.7 Å². The minimum atomic E-state index is -0.547. The molecule has 0 aromatic rings. The van der Waals surface area contributed by atoms with Crippen molar-refractivity contribution in [1.29, 1.82) is 0 Å². The lowest BCUT2D eigenvalue weighted by Crippen LogP contribution is -2.51. The number of hydrogen-bond donors (Lipinski definition) is 1. The molecule has 0 aromatic carbocycles. The van der Waals surface area contributed by atoms with Crippen molar-refractivity contribution >= 4 is 12.0 Å². The summed E-state index contributed by atoms with van der Waals surface area (Å²) in [4.78, 5) is 28.1. The molecule has 6 nitrogen and oxygen atoms in total. The molecule has 0 spiro atoms. The van der Waals surface area contributed by atoms with Crippen LogP contribution in [0.3, 0.4) is 0 Å². The number of unbranched alkanes of at least 4 members (excludes halogenated alkanes) is 7. The minimum Gasteiger partial charge on any atom is -0.444 e. The Morgan fingerprint density at radius 2 is 1.44 bits per heavy atom. The van der Waals surface area contributed by atoms with Crippen molar-refractivity contribution in [2.75, 3.05) is 39.3 Å². The predicted octanol–water partition coefficient (Wildman–Crippen LogP) is 3.80. The number of amides is 2. The summed E-state index contributed by atoms with van der Waals surface area (Å²) in [5.74, 6) is -0.0346. The zero-order valence-electron chi connectivity index (χ0n) is 18.0. The zero-order chi connectivity index (χ0) is 20.1. The fourth-order valence-electron chi connectivity index (χ4n) is 3.26. The highest BCUT2D eigenvalue weighted by Crippen LogP contribution is 2.10. The van der Waals surface area contributed by atoms with Gasteiger partial charge in [0.2, 0.25) is 5.91 Å². The van der Waals surface area contributed by atoms with E-state index in [1.807, 2.05) is 4.90 Å². The summed E-state index contributed by atoms with van der Waals surface area (Å²) >= 11 is 0. The van der Waals surface area contributed by atoms with E-state index in [4.69, 9.17) is 4.74 Å². The lowest BCUT2D eigenvalue weighted by molar-refractivity contribution is -0.132. The fourth-order valence-corrected chi connectivity index (χ4v) is 3.26. The van der Waals surface area contributed by atoms with Gasteiger partial charge in [0.05, 0.1) is 0 Å². The first-order valence-corrected chi connectivity index (χ1v) is 10.8. The third-order valence-corrected chi connectivity index (χ3v) is 4.84. The second kappa shape index (κ2) is 13.0. The van der Waals surface area contributed by atoms with Crippen LogP contribution in [0, 0.1) is 0 Å². The van der Waals surface area contributed by atoms with Gasteiger partial charge in [0, 0.05) is 26.2 Å². The Hall–Kier alpha value is -1.30. The number of hydrogen-bond acceptors (Lipinski definition) is 4. The number of carbonyl (C=O) groups is 2. The number of carbonyl (C=O) groups excluding carboxylic acids is 2. The lowest BCUT2D eigenvalue weighted by Gasteiger charge is -2.34. The molecular formula is C21H41N3O3. The molecule has 6 heteroatoms. The Morgan fingerprint density at radius 1 is 0.889 bits per heavy atom. The molecule has 1 saturated heterocycles. The van der Waals surface area contributed by atoms with Gasteiger partial charge in [0.15, 0.2) is 0 Å². The van der Waals surface area contributed by atoms with Crippen molar-refractivity contribution in [3.63, 3.8) is 0 Å². The van der Waals surface area contributed by atoms with E-state index in [0.717, 1.165) is 32.7 Å². The smallest absolute Gasteiger partial charge is 0.408 e. The monoisotopic (exact) mass is 383 g/mol. The fraction of sp³-hybridized carbons (Fsp3) is 0.905. The highest BCUT2D eigenvalue weighted by atomic mass is 16.6. The van der Waals surface area contributed by atoms with Crippen LogP contribution in [0.1, 0.15) is 79.1 Å². The van der Waals surface area contributed by atoms with Crippen LogP contribution in [0.4, 0.5) is 4.79 Å². The maximum atomic E-state index is 12.2. The third kappa shape index (κ3) is 11.9.